The molecule has 1 amide bonds. The van der Waals surface area contributed by atoms with Crippen LogP contribution < -0.4 is 9.91 Å². The highest BCUT2D eigenvalue weighted by atomic mass is 79.9. The summed E-state index contributed by atoms with van der Waals surface area (Å²) in [7, 11) is 4.01. The number of carbonyl (C=O) groups excluding carboxylic acids is 1. The summed E-state index contributed by atoms with van der Waals surface area (Å²) in [4.78, 5) is 15.3. The molecule has 3 aromatic carbocycles. The predicted octanol–water partition coefficient (Wildman–Crippen LogP) is 5.35. The van der Waals surface area contributed by atoms with Crippen LogP contribution in [0.25, 0.3) is 6.08 Å². The molecule has 0 aliphatic carbocycles. The molecular weight excluding hydrogens is 426 g/mol. The van der Waals surface area contributed by atoms with Crippen LogP contribution in [0.3, 0.4) is 0 Å². The fourth-order valence-electron chi connectivity index (χ4n) is 3.15. The number of rotatable bonds is 4. The summed E-state index contributed by atoms with van der Waals surface area (Å²) in [5.74, 6) is -0.136. The minimum Gasteiger partial charge on any atom is -0.378 e. The molecule has 0 fully saturated rings. The molecule has 0 radical (unpaired) electrons. The van der Waals surface area contributed by atoms with Crippen LogP contribution in [0.15, 0.2) is 94.0 Å². The molecule has 1 heterocycles. The normalized spacial score (nSPS) is 15.0. The molecule has 3 aromatic rings. The molecule has 0 atom stereocenters. The molecule has 0 N–H and O–H groups in total. The van der Waals surface area contributed by atoms with Gasteiger partial charge in [-0.1, -0.05) is 58.4 Å². The van der Waals surface area contributed by atoms with Crippen LogP contribution in [-0.4, -0.2) is 25.7 Å². The van der Waals surface area contributed by atoms with Gasteiger partial charge in [-0.2, -0.15) is 10.1 Å². The van der Waals surface area contributed by atoms with E-state index in [0.29, 0.717) is 11.3 Å². The zero-order valence-electron chi connectivity index (χ0n) is 16.2. The van der Waals surface area contributed by atoms with Crippen LogP contribution in [-0.2, 0) is 4.79 Å². The van der Waals surface area contributed by atoms with E-state index in [9.17, 15) is 4.79 Å². The molecule has 0 saturated heterocycles. The summed E-state index contributed by atoms with van der Waals surface area (Å²) < 4.78 is 0.955. The van der Waals surface area contributed by atoms with Gasteiger partial charge in [-0.25, -0.2) is 0 Å². The van der Waals surface area contributed by atoms with Crippen LogP contribution in [0.4, 0.5) is 11.4 Å². The van der Waals surface area contributed by atoms with Gasteiger partial charge in [-0.15, -0.1) is 0 Å². The summed E-state index contributed by atoms with van der Waals surface area (Å²) in [6.45, 7) is 0. The second-order valence-electron chi connectivity index (χ2n) is 6.95. The lowest BCUT2D eigenvalue weighted by Crippen LogP contribution is -2.21. The largest absolute Gasteiger partial charge is 0.378 e. The number of benzene rings is 3. The van der Waals surface area contributed by atoms with Gasteiger partial charge in [0.1, 0.15) is 5.71 Å². The highest BCUT2D eigenvalue weighted by molar-refractivity contribution is 9.10. The molecule has 0 bridgehead atoms. The number of nitrogens with zero attached hydrogens (tertiary/aromatic N) is 3. The average Bonchev–Trinajstić information content (AvgIpc) is 3.06. The van der Waals surface area contributed by atoms with Crippen molar-refractivity contribution in [2.24, 2.45) is 5.10 Å². The average molecular weight is 446 g/mol. The van der Waals surface area contributed by atoms with Gasteiger partial charge in [0.15, 0.2) is 0 Å². The van der Waals surface area contributed by atoms with Gasteiger partial charge < -0.3 is 4.90 Å². The van der Waals surface area contributed by atoms with E-state index in [2.05, 4.69) is 21.0 Å². The van der Waals surface area contributed by atoms with Gasteiger partial charge in [-0.05, 0) is 48.0 Å². The maximum Gasteiger partial charge on any atom is 0.281 e. The number of halogens is 1. The van der Waals surface area contributed by atoms with E-state index < -0.39 is 0 Å². The predicted molar refractivity (Wildman–Crippen MR) is 123 cm³/mol. The number of carbonyl (C=O) groups is 1. The molecule has 0 aromatic heterocycles. The number of amides is 1. The Morgan fingerprint density at radius 1 is 0.897 bits per heavy atom. The Bertz CT molecular complexity index is 1090. The summed E-state index contributed by atoms with van der Waals surface area (Å²) in [5, 5.41) is 6.14. The highest BCUT2D eigenvalue weighted by Gasteiger charge is 2.31. The van der Waals surface area contributed by atoms with Crippen LogP contribution >= 0.6 is 15.9 Å². The second kappa shape index (κ2) is 8.05. The monoisotopic (exact) mass is 445 g/mol. The summed E-state index contributed by atoms with van der Waals surface area (Å²) >= 11 is 3.44. The third-order valence-electron chi connectivity index (χ3n) is 4.72. The summed E-state index contributed by atoms with van der Waals surface area (Å²) in [5.41, 5.74) is 4.97. The smallest absolute Gasteiger partial charge is 0.281 e. The fourth-order valence-corrected chi connectivity index (χ4v) is 3.41. The van der Waals surface area contributed by atoms with Crippen LogP contribution in [0.2, 0.25) is 0 Å². The third kappa shape index (κ3) is 4.00. The number of anilines is 2. The van der Waals surface area contributed by atoms with Gasteiger partial charge in [0.2, 0.25) is 0 Å². The first-order chi connectivity index (χ1) is 14.0. The quantitative estimate of drug-likeness (QED) is 0.507. The molecule has 1 aliphatic rings. The number of hydrogen-bond acceptors (Lipinski definition) is 3. The lowest BCUT2D eigenvalue weighted by Gasteiger charge is -2.12. The van der Waals surface area contributed by atoms with Gasteiger partial charge in [0.05, 0.1) is 11.3 Å². The fraction of sp³-hybridized carbons (Fsp3) is 0.0833. The Morgan fingerprint density at radius 3 is 2.17 bits per heavy atom. The Morgan fingerprint density at radius 2 is 1.55 bits per heavy atom. The van der Waals surface area contributed by atoms with E-state index in [1.807, 2.05) is 104 Å². The standard InChI is InChI=1S/C24H20BrN3O/c1-27(2)20-12-8-17(9-13-20)16-22-23(18-6-4-3-5-7-18)26-28(24(22)29)21-14-10-19(25)11-15-21/h3-16H,1-2H3/b22-16+. The highest BCUT2D eigenvalue weighted by Crippen LogP contribution is 2.29. The molecule has 4 rings (SSSR count). The first kappa shape index (κ1) is 19.2. The molecule has 0 saturated carbocycles. The molecule has 5 heteroatoms. The van der Waals surface area contributed by atoms with E-state index in [-0.39, 0.29) is 5.91 Å². The van der Waals surface area contributed by atoms with Gasteiger partial charge in [-0.3, -0.25) is 4.79 Å². The molecular formula is C24H20BrN3O. The minimum atomic E-state index is -0.136. The van der Waals surface area contributed by atoms with Crippen molar-refractivity contribution >= 4 is 45.0 Å². The van der Waals surface area contributed by atoms with Crippen molar-refractivity contribution in [1.29, 1.82) is 0 Å². The maximum atomic E-state index is 13.3. The molecule has 4 nitrogen and oxygen atoms in total. The lowest BCUT2D eigenvalue weighted by molar-refractivity contribution is -0.114. The van der Waals surface area contributed by atoms with Crippen molar-refractivity contribution in [3.63, 3.8) is 0 Å². The number of hydrazone groups is 1. The zero-order valence-corrected chi connectivity index (χ0v) is 17.8. The Kier molecular flexibility index (Phi) is 5.32. The van der Waals surface area contributed by atoms with Gasteiger partial charge in [0, 0.05) is 29.8 Å². The summed E-state index contributed by atoms with van der Waals surface area (Å²) in [6, 6.07) is 25.5. The van der Waals surface area contributed by atoms with E-state index in [1.54, 1.807) is 0 Å². The van der Waals surface area contributed by atoms with E-state index in [0.717, 1.165) is 27.0 Å². The van der Waals surface area contributed by atoms with Crippen molar-refractivity contribution in [3.05, 3.63) is 100 Å². The van der Waals surface area contributed by atoms with E-state index >= 15 is 0 Å². The molecule has 1 aliphatic heterocycles. The Balaban J connectivity index is 1.77. The SMILES string of the molecule is CN(C)c1ccc(/C=C2/C(=O)N(c3ccc(Br)cc3)N=C2c2ccccc2)cc1. The van der Waals surface area contributed by atoms with Crippen LogP contribution in [0.5, 0.6) is 0 Å². The Hall–Kier alpha value is -3.18. The molecule has 29 heavy (non-hydrogen) atoms. The van der Waals surface area contributed by atoms with Crippen molar-refractivity contribution < 1.29 is 4.79 Å². The molecule has 144 valence electrons. The lowest BCUT2D eigenvalue weighted by atomic mass is 10.00. The van der Waals surface area contributed by atoms with Crippen LogP contribution in [0.1, 0.15) is 11.1 Å². The number of hydrogen-bond donors (Lipinski definition) is 0. The zero-order chi connectivity index (χ0) is 20.4. The van der Waals surface area contributed by atoms with Crippen LogP contribution in [0, 0.1) is 0 Å². The minimum absolute atomic E-state index is 0.136. The van der Waals surface area contributed by atoms with E-state index in [4.69, 9.17) is 0 Å². The Labute approximate surface area is 178 Å². The third-order valence-corrected chi connectivity index (χ3v) is 5.25. The molecule has 0 unspecified atom stereocenters. The van der Waals surface area contributed by atoms with E-state index in [1.165, 1.54) is 5.01 Å². The van der Waals surface area contributed by atoms with Crippen molar-refractivity contribution in [2.45, 2.75) is 0 Å². The first-order valence-electron chi connectivity index (χ1n) is 9.26. The summed E-state index contributed by atoms with van der Waals surface area (Å²) in [6.07, 6.45) is 1.91. The maximum absolute atomic E-state index is 13.3. The molecule has 0 spiro atoms. The second-order valence-corrected chi connectivity index (χ2v) is 7.87. The topological polar surface area (TPSA) is 35.9 Å². The van der Waals surface area contributed by atoms with Crippen molar-refractivity contribution in [2.75, 3.05) is 24.0 Å². The first-order valence-corrected chi connectivity index (χ1v) is 10.1. The van der Waals surface area contributed by atoms with Crippen molar-refractivity contribution in [1.82, 2.24) is 0 Å². The van der Waals surface area contributed by atoms with Crippen molar-refractivity contribution in [3.8, 4) is 0 Å². The van der Waals surface area contributed by atoms with Gasteiger partial charge in [0.25, 0.3) is 5.91 Å². The van der Waals surface area contributed by atoms with Gasteiger partial charge >= 0.3 is 0 Å².